The highest BCUT2D eigenvalue weighted by Gasteiger charge is 2.13. The van der Waals surface area contributed by atoms with Crippen LogP contribution in [0, 0.1) is 6.92 Å². The monoisotopic (exact) mass is 215 g/mol. The molecule has 0 N–H and O–H groups in total. The number of hydrogen-bond donors (Lipinski definition) is 0. The Morgan fingerprint density at radius 2 is 2.00 bits per heavy atom. The molecule has 0 saturated heterocycles. The van der Waals surface area contributed by atoms with Gasteiger partial charge in [-0.25, -0.2) is 0 Å². The molecule has 0 heterocycles. The van der Waals surface area contributed by atoms with Gasteiger partial charge in [-0.3, -0.25) is 0 Å². The zero-order valence-electron chi connectivity index (χ0n) is 8.67. The van der Waals surface area contributed by atoms with Crippen molar-refractivity contribution in [2.75, 3.05) is 7.11 Å². The molecule has 4 heteroatoms. The fourth-order valence-corrected chi connectivity index (χ4v) is 1.24. The fraction of sp³-hybridized carbons (Fsp3) is 0.364. The third kappa shape index (κ3) is 3.08. The summed E-state index contributed by atoms with van der Waals surface area (Å²) in [7, 11) is 1.51. The van der Waals surface area contributed by atoms with Gasteiger partial charge in [-0.1, -0.05) is 6.92 Å². The fourth-order valence-electron chi connectivity index (χ4n) is 1.24. The van der Waals surface area contributed by atoms with E-state index in [1.807, 2.05) is 0 Å². The molecule has 15 heavy (non-hydrogen) atoms. The number of hydrogen-bond acceptors (Lipinski definition) is 2. The summed E-state index contributed by atoms with van der Waals surface area (Å²) in [6.07, 6.45) is 0. The summed E-state index contributed by atoms with van der Waals surface area (Å²) < 4.78 is 33.5. The molecule has 0 aliphatic heterocycles. The van der Waals surface area contributed by atoms with Crippen LogP contribution in [0.1, 0.15) is 18.4 Å². The molecule has 2 nitrogen and oxygen atoms in total. The van der Waals surface area contributed by atoms with Gasteiger partial charge in [0.15, 0.2) is 0 Å². The van der Waals surface area contributed by atoms with Crippen LogP contribution in [0.25, 0.3) is 0 Å². The average molecular weight is 215 g/mol. The van der Waals surface area contributed by atoms with Crippen LogP contribution < -0.4 is 9.47 Å². The van der Waals surface area contributed by atoms with Crippen molar-refractivity contribution in [3.8, 4) is 11.5 Å². The molecule has 0 spiro atoms. The molecule has 1 atom stereocenters. The molecule has 0 fully saturated rings. The predicted molar refractivity (Wildman–Crippen MR) is 53.4 cm³/mol. The van der Waals surface area contributed by atoms with Gasteiger partial charge in [0.1, 0.15) is 11.5 Å². The van der Waals surface area contributed by atoms with Crippen LogP contribution in [0.4, 0.5) is 8.78 Å². The molecule has 1 aromatic carbocycles. The molecule has 0 aromatic heterocycles. The summed E-state index contributed by atoms with van der Waals surface area (Å²) in [5, 5.41) is 0. The Kier molecular flexibility index (Phi) is 3.88. The quantitative estimate of drug-likeness (QED) is 0.767. The Balaban J connectivity index is 3.03. The summed E-state index contributed by atoms with van der Waals surface area (Å²) in [4.78, 5) is 0. The second kappa shape index (κ2) is 4.96. The summed E-state index contributed by atoms with van der Waals surface area (Å²) in [6, 6.07) is 4.68. The van der Waals surface area contributed by atoms with Crippen LogP contribution in [0.3, 0.4) is 0 Å². The van der Waals surface area contributed by atoms with Gasteiger partial charge in [0.2, 0.25) is 0 Å². The lowest BCUT2D eigenvalue weighted by Crippen LogP contribution is -2.05. The van der Waals surface area contributed by atoms with E-state index in [4.69, 9.17) is 4.74 Å². The Morgan fingerprint density at radius 1 is 1.33 bits per heavy atom. The second-order valence-corrected chi connectivity index (χ2v) is 3.18. The molecule has 1 aromatic rings. The largest absolute Gasteiger partial charge is 0.497 e. The summed E-state index contributed by atoms with van der Waals surface area (Å²) in [6.45, 7) is 2.75. The van der Waals surface area contributed by atoms with E-state index in [1.54, 1.807) is 19.1 Å². The van der Waals surface area contributed by atoms with Crippen molar-refractivity contribution < 1.29 is 18.3 Å². The predicted octanol–water partition coefficient (Wildman–Crippen LogP) is 3.23. The molecule has 1 unspecified atom stereocenters. The third-order valence-electron chi connectivity index (χ3n) is 1.96. The van der Waals surface area contributed by atoms with Crippen molar-refractivity contribution in [3.63, 3.8) is 0 Å². The summed E-state index contributed by atoms with van der Waals surface area (Å²) >= 11 is 0. The van der Waals surface area contributed by atoms with Crippen LogP contribution >= 0.6 is 0 Å². The highest BCUT2D eigenvalue weighted by Crippen LogP contribution is 2.31. The van der Waals surface area contributed by atoms with Gasteiger partial charge in [0, 0.05) is 5.56 Å². The van der Waals surface area contributed by atoms with E-state index in [9.17, 15) is 8.78 Å². The van der Waals surface area contributed by atoms with E-state index >= 15 is 0 Å². The van der Waals surface area contributed by atoms with Gasteiger partial charge in [0.25, 0.3) is 0 Å². The Morgan fingerprint density at radius 3 is 2.47 bits per heavy atom. The lowest BCUT2D eigenvalue weighted by atomic mass is 10.0. The molecule has 0 aliphatic rings. The highest BCUT2D eigenvalue weighted by atomic mass is 19.3. The van der Waals surface area contributed by atoms with Crippen molar-refractivity contribution in [2.45, 2.75) is 19.5 Å². The van der Waals surface area contributed by atoms with Gasteiger partial charge in [-0.05, 0) is 31.0 Å². The molecule has 0 amide bonds. The number of methoxy groups -OCH3 is 1. The van der Waals surface area contributed by atoms with Crippen LogP contribution in [-0.2, 0) is 0 Å². The van der Waals surface area contributed by atoms with Gasteiger partial charge < -0.3 is 9.47 Å². The number of rotatable bonds is 4. The zero-order chi connectivity index (χ0) is 11.4. The Labute approximate surface area is 87.8 Å². The number of ether oxygens (including phenoxy) is 2. The number of alkyl halides is 2. The standard InChI is InChI=1S/C11H13F2O2/c1-7(2)9-6-8(14-3)4-5-10(9)15-11(12)13/h4-7,11H,1H2,2-3H3. The summed E-state index contributed by atoms with van der Waals surface area (Å²) in [5.41, 5.74) is 0.606. The first-order valence-corrected chi connectivity index (χ1v) is 4.50. The van der Waals surface area contributed by atoms with Gasteiger partial charge in [-0.15, -0.1) is 0 Å². The average Bonchev–Trinajstić information content (AvgIpc) is 2.17. The van der Waals surface area contributed by atoms with E-state index < -0.39 is 6.61 Å². The first-order valence-electron chi connectivity index (χ1n) is 4.50. The molecule has 1 radical (unpaired) electrons. The van der Waals surface area contributed by atoms with E-state index in [0.717, 1.165) is 0 Å². The molecular formula is C11H13F2O2. The maximum absolute atomic E-state index is 12.1. The van der Waals surface area contributed by atoms with Crippen molar-refractivity contribution in [2.24, 2.45) is 0 Å². The lowest BCUT2D eigenvalue weighted by Gasteiger charge is -2.14. The third-order valence-corrected chi connectivity index (χ3v) is 1.96. The minimum Gasteiger partial charge on any atom is -0.497 e. The SMILES string of the molecule is [CH2]C(C)c1cc(OC)ccc1OC(F)F. The van der Waals surface area contributed by atoms with Crippen LogP contribution in [0.15, 0.2) is 18.2 Å². The van der Waals surface area contributed by atoms with E-state index in [1.165, 1.54) is 13.2 Å². The molecule has 83 valence electrons. The maximum Gasteiger partial charge on any atom is 0.387 e. The smallest absolute Gasteiger partial charge is 0.387 e. The topological polar surface area (TPSA) is 18.5 Å². The van der Waals surface area contributed by atoms with Crippen molar-refractivity contribution in [1.29, 1.82) is 0 Å². The van der Waals surface area contributed by atoms with Gasteiger partial charge in [-0.2, -0.15) is 8.78 Å². The highest BCUT2D eigenvalue weighted by molar-refractivity contribution is 5.42. The van der Waals surface area contributed by atoms with Crippen molar-refractivity contribution in [3.05, 3.63) is 30.7 Å². The lowest BCUT2D eigenvalue weighted by molar-refractivity contribution is -0.0505. The number of halogens is 2. The van der Waals surface area contributed by atoms with Gasteiger partial charge >= 0.3 is 6.61 Å². The van der Waals surface area contributed by atoms with Crippen LogP contribution in [-0.4, -0.2) is 13.7 Å². The minimum absolute atomic E-state index is 0.145. The first-order chi connectivity index (χ1) is 7.04. The first kappa shape index (κ1) is 11.8. The number of benzene rings is 1. The summed E-state index contributed by atoms with van der Waals surface area (Å²) in [5.74, 6) is 0.601. The molecular weight excluding hydrogens is 202 g/mol. The van der Waals surface area contributed by atoms with Crippen LogP contribution in [0.5, 0.6) is 11.5 Å². The van der Waals surface area contributed by atoms with E-state index in [-0.39, 0.29) is 11.7 Å². The Hall–Kier alpha value is -1.32. The Bertz CT molecular complexity index is 324. The maximum atomic E-state index is 12.1. The molecule has 1 rings (SSSR count). The van der Waals surface area contributed by atoms with Crippen molar-refractivity contribution in [1.82, 2.24) is 0 Å². The van der Waals surface area contributed by atoms with Crippen molar-refractivity contribution >= 4 is 0 Å². The molecule has 0 saturated carbocycles. The zero-order valence-corrected chi connectivity index (χ0v) is 8.67. The van der Waals surface area contributed by atoms with E-state index in [0.29, 0.717) is 11.3 Å². The normalized spacial score (nSPS) is 10.9. The van der Waals surface area contributed by atoms with E-state index in [2.05, 4.69) is 11.7 Å². The minimum atomic E-state index is -2.82. The van der Waals surface area contributed by atoms with Crippen LogP contribution in [0.2, 0.25) is 0 Å². The van der Waals surface area contributed by atoms with Gasteiger partial charge in [0.05, 0.1) is 7.11 Å². The molecule has 0 aliphatic carbocycles. The molecule has 0 bridgehead atoms. The second-order valence-electron chi connectivity index (χ2n) is 3.18.